The molecule has 18 heavy (non-hydrogen) atoms. The molecule has 1 aromatic rings. The Morgan fingerprint density at radius 1 is 1.44 bits per heavy atom. The van der Waals surface area contributed by atoms with E-state index in [1.54, 1.807) is 6.92 Å². The Bertz CT molecular complexity index is 377. The minimum absolute atomic E-state index is 0.0518. The fraction of sp³-hybridized carbons (Fsp3) is 0.500. The SMILES string of the molecule is CCOCC(C)NC(=O)C(C)(N)c1ccccc1. The van der Waals surface area contributed by atoms with Crippen LogP contribution in [0.2, 0.25) is 0 Å². The molecule has 0 saturated heterocycles. The van der Waals surface area contributed by atoms with Crippen molar-refractivity contribution in [1.82, 2.24) is 5.32 Å². The summed E-state index contributed by atoms with van der Waals surface area (Å²) in [6.45, 7) is 6.66. The van der Waals surface area contributed by atoms with Gasteiger partial charge < -0.3 is 15.8 Å². The first-order valence-electron chi connectivity index (χ1n) is 6.21. The van der Waals surface area contributed by atoms with Crippen LogP contribution in [-0.4, -0.2) is 25.2 Å². The number of carbonyl (C=O) groups excluding carboxylic acids is 1. The molecule has 0 aromatic heterocycles. The van der Waals surface area contributed by atoms with E-state index in [2.05, 4.69) is 5.32 Å². The molecule has 0 aliphatic heterocycles. The first kappa shape index (κ1) is 14.7. The van der Waals surface area contributed by atoms with Gasteiger partial charge in [0.15, 0.2) is 0 Å². The number of rotatable bonds is 6. The van der Waals surface area contributed by atoms with Gasteiger partial charge in [-0.2, -0.15) is 0 Å². The molecule has 1 amide bonds. The van der Waals surface area contributed by atoms with Gasteiger partial charge in [-0.25, -0.2) is 0 Å². The van der Waals surface area contributed by atoms with Crippen LogP contribution in [0.1, 0.15) is 26.3 Å². The van der Waals surface area contributed by atoms with Crippen molar-refractivity contribution in [3.8, 4) is 0 Å². The van der Waals surface area contributed by atoms with E-state index in [-0.39, 0.29) is 11.9 Å². The first-order valence-corrected chi connectivity index (χ1v) is 6.21. The molecular weight excluding hydrogens is 228 g/mol. The zero-order valence-electron chi connectivity index (χ0n) is 11.3. The Labute approximate surface area is 109 Å². The van der Waals surface area contributed by atoms with E-state index < -0.39 is 5.54 Å². The Hall–Kier alpha value is -1.39. The second-order valence-corrected chi connectivity index (χ2v) is 4.60. The largest absolute Gasteiger partial charge is 0.380 e. The molecule has 3 N–H and O–H groups in total. The summed E-state index contributed by atoms with van der Waals surface area (Å²) in [5.41, 5.74) is 5.88. The van der Waals surface area contributed by atoms with Crippen molar-refractivity contribution in [3.05, 3.63) is 35.9 Å². The van der Waals surface area contributed by atoms with Gasteiger partial charge in [-0.15, -0.1) is 0 Å². The summed E-state index contributed by atoms with van der Waals surface area (Å²) in [6.07, 6.45) is 0. The maximum Gasteiger partial charge on any atom is 0.244 e. The molecule has 0 heterocycles. The number of hydrogen-bond donors (Lipinski definition) is 2. The standard InChI is InChI=1S/C14H22N2O2/c1-4-18-10-11(2)16-13(17)14(3,15)12-8-6-5-7-9-12/h5-9,11H,4,10,15H2,1-3H3,(H,16,17). The smallest absolute Gasteiger partial charge is 0.244 e. The van der Waals surface area contributed by atoms with E-state index in [0.29, 0.717) is 13.2 Å². The Morgan fingerprint density at radius 3 is 2.61 bits per heavy atom. The van der Waals surface area contributed by atoms with Crippen LogP contribution >= 0.6 is 0 Å². The van der Waals surface area contributed by atoms with Gasteiger partial charge in [0.05, 0.1) is 6.61 Å². The third-order valence-corrected chi connectivity index (χ3v) is 2.79. The summed E-state index contributed by atoms with van der Waals surface area (Å²) < 4.78 is 5.26. The van der Waals surface area contributed by atoms with Gasteiger partial charge in [-0.05, 0) is 26.3 Å². The average molecular weight is 250 g/mol. The Morgan fingerprint density at radius 2 is 2.06 bits per heavy atom. The second-order valence-electron chi connectivity index (χ2n) is 4.60. The molecule has 2 atom stereocenters. The average Bonchev–Trinajstić information content (AvgIpc) is 2.37. The molecule has 1 aromatic carbocycles. The number of nitrogens with two attached hydrogens (primary N) is 1. The lowest BCUT2D eigenvalue weighted by Crippen LogP contribution is -2.52. The van der Waals surface area contributed by atoms with Crippen molar-refractivity contribution >= 4 is 5.91 Å². The molecule has 0 spiro atoms. The molecule has 0 radical (unpaired) electrons. The van der Waals surface area contributed by atoms with Gasteiger partial charge >= 0.3 is 0 Å². The van der Waals surface area contributed by atoms with Gasteiger partial charge in [0.1, 0.15) is 5.54 Å². The molecule has 0 bridgehead atoms. The molecule has 0 aliphatic carbocycles. The lowest BCUT2D eigenvalue weighted by molar-refractivity contribution is -0.127. The maximum atomic E-state index is 12.1. The molecule has 0 aliphatic rings. The summed E-state index contributed by atoms with van der Waals surface area (Å²) in [6, 6.07) is 9.30. The summed E-state index contributed by atoms with van der Waals surface area (Å²) in [5.74, 6) is -0.194. The second kappa shape index (κ2) is 6.52. The molecule has 4 heteroatoms. The molecule has 0 saturated carbocycles. The fourth-order valence-corrected chi connectivity index (χ4v) is 1.63. The minimum atomic E-state index is -1.03. The number of hydrogen-bond acceptors (Lipinski definition) is 3. The van der Waals surface area contributed by atoms with Crippen molar-refractivity contribution in [1.29, 1.82) is 0 Å². The summed E-state index contributed by atoms with van der Waals surface area (Å²) in [5, 5.41) is 2.86. The molecule has 1 rings (SSSR count). The maximum absolute atomic E-state index is 12.1. The van der Waals surface area contributed by atoms with Gasteiger partial charge in [0.2, 0.25) is 5.91 Å². The predicted octanol–water partition coefficient (Wildman–Crippen LogP) is 1.40. The quantitative estimate of drug-likeness (QED) is 0.802. The third-order valence-electron chi connectivity index (χ3n) is 2.79. The van der Waals surface area contributed by atoms with E-state index >= 15 is 0 Å². The minimum Gasteiger partial charge on any atom is -0.380 e. The van der Waals surface area contributed by atoms with Crippen LogP contribution in [0.25, 0.3) is 0 Å². The normalized spacial score (nSPS) is 15.8. The van der Waals surface area contributed by atoms with Crippen LogP contribution in [0, 0.1) is 0 Å². The number of carbonyl (C=O) groups is 1. The molecule has 0 fully saturated rings. The lowest BCUT2D eigenvalue weighted by atomic mass is 9.92. The summed E-state index contributed by atoms with van der Waals surface area (Å²) in [7, 11) is 0. The fourth-order valence-electron chi connectivity index (χ4n) is 1.63. The highest BCUT2D eigenvalue weighted by Gasteiger charge is 2.30. The highest BCUT2D eigenvalue weighted by Crippen LogP contribution is 2.17. The van der Waals surface area contributed by atoms with E-state index in [4.69, 9.17) is 10.5 Å². The number of ether oxygens (including phenoxy) is 1. The topological polar surface area (TPSA) is 64.3 Å². The van der Waals surface area contributed by atoms with Crippen molar-refractivity contribution in [2.45, 2.75) is 32.4 Å². The molecule has 100 valence electrons. The predicted molar refractivity (Wildman–Crippen MR) is 72.1 cm³/mol. The van der Waals surface area contributed by atoms with Crippen molar-refractivity contribution < 1.29 is 9.53 Å². The van der Waals surface area contributed by atoms with Crippen LogP contribution in [0.4, 0.5) is 0 Å². The van der Waals surface area contributed by atoms with Crippen molar-refractivity contribution in [3.63, 3.8) is 0 Å². The Kier molecular flexibility index (Phi) is 5.31. The number of benzene rings is 1. The van der Waals surface area contributed by atoms with Crippen molar-refractivity contribution in [2.24, 2.45) is 5.73 Å². The van der Waals surface area contributed by atoms with E-state index in [1.807, 2.05) is 44.2 Å². The van der Waals surface area contributed by atoms with Crippen LogP contribution < -0.4 is 11.1 Å². The monoisotopic (exact) mass is 250 g/mol. The zero-order valence-corrected chi connectivity index (χ0v) is 11.3. The molecular formula is C14H22N2O2. The number of nitrogens with one attached hydrogen (secondary N) is 1. The third kappa shape index (κ3) is 3.82. The zero-order chi connectivity index (χ0) is 13.6. The van der Waals surface area contributed by atoms with Gasteiger partial charge in [-0.3, -0.25) is 4.79 Å². The summed E-state index contributed by atoms with van der Waals surface area (Å²) >= 11 is 0. The van der Waals surface area contributed by atoms with Gasteiger partial charge in [-0.1, -0.05) is 30.3 Å². The first-order chi connectivity index (χ1) is 8.48. The van der Waals surface area contributed by atoms with Crippen molar-refractivity contribution in [2.75, 3.05) is 13.2 Å². The van der Waals surface area contributed by atoms with Gasteiger partial charge in [0, 0.05) is 12.6 Å². The van der Waals surface area contributed by atoms with Crippen LogP contribution in [-0.2, 0) is 15.1 Å². The van der Waals surface area contributed by atoms with Gasteiger partial charge in [0.25, 0.3) is 0 Å². The van der Waals surface area contributed by atoms with Crippen LogP contribution in [0.5, 0.6) is 0 Å². The molecule has 2 unspecified atom stereocenters. The lowest BCUT2D eigenvalue weighted by Gasteiger charge is -2.26. The summed E-state index contributed by atoms with van der Waals surface area (Å²) in [4.78, 5) is 12.1. The molecule has 4 nitrogen and oxygen atoms in total. The van der Waals surface area contributed by atoms with Crippen LogP contribution in [0.15, 0.2) is 30.3 Å². The Balaban J connectivity index is 2.65. The van der Waals surface area contributed by atoms with E-state index in [1.165, 1.54) is 0 Å². The van der Waals surface area contributed by atoms with E-state index in [0.717, 1.165) is 5.56 Å². The highest BCUT2D eigenvalue weighted by molar-refractivity contribution is 5.87. The number of amides is 1. The van der Waals surface area contributed by atoms with Crippen LogP contribution in [0.3, 0.4) is 0 Å². The van der Waals surface area contributed by atoms with E-state index in [9.17, 15) is 4.79 Å². The highest BCUT2D eigenvalue weighted by atomic mass is 16.5.